The van der Waals surface area contributed by atoms with Crippen molar-refractivity contribution in [2.24, 2.45) is 0 Å². The molecular formula is C16H22N2O3. The van der Waals surface area contributed by atoms with E-state index in [4.69, 9.17) is 5.11 Å². The molecule has 2 N–H and O–H groups in total. The molecule has 21 heavy (non-hydrogen) atoms. The molecule has 1 heterocycles. The molecule has 5 nitrogen and oxygen atoms in total. The lowest BCUT2D eigenvalue weighted by Gasteiger charge is -2.24. The van der Waals surface area contributed by atoms with Gasteiger partial charge in [-0.25, -0.2) is 9.59 Å². The molecule has 0 saturated carbocycles. The fraction of sp³-hybridized carbons (Fsp3) is 0.500. The van der Waals surface area contributed by atoms with Crippen LogP contribution in [-0.4, -0.2) is 40.6 Å². The fourth-order valence-corrected chi connectivity index (χ4v) is 2.66. The Morgan fingerprint density at radius 2 is 2.10 bits per heavy atom. The zero-order valence-electron chi connectivity index (χ0n) is 12.3. The van der Waals surface area contributed by atoms with Gasteiger partial charge in [0.2, 0.25) is 0 Å². The smallest absolute Gasteiger partial charge is 0.326 e. The summed E-state index contributed by atoms with van der Waals surface area (Å²) >= 11 is 0. The minimum absolute atomic E-state index is 0.0211. The Hall–Kier alpha value is -2.04. The summed E-state index contributed by atoms with van der Waals surface area (Å²) in [6.07, 6.45) is 3.02. The van der Waals surface area contributed by atoms with Crippen LogP contribution >= 0.6 is 0 Å². The van der Waals surface area contributed by atoms with Gasteiger partial charge in [0.1, 0.15) is 6.04 Å². The largest absolute Gasteiger partial charge is 0.480 e. The fourth-order valence-electron chi connectivity index (χ4n) is 2.66. The van der Waals surface area contributed by atoms with E-state index in [2.05, 4.69) is 17.4 Å². The molecule has 2 amide bonds. The van der Waals surface area contributed by atoms with Crippen LogP contribution in [0.15, 0.2) is 30.3 Å². The summed E-state index contributed by atoms with van der Waals surface area (Å²) in [5.74, 6) is -0.917. The van der Waals surface area contributed by atoms with Crippen LogP contribution in [0.5, 0.6) is 0 Å². The van der Waals surface area contributed by atoms with E-state index in [1.165, 1.54) is 10.5 Å². The number of amides is 2. The molecule has 1 aliphatic heterocycles. The van der Waals surface area contributed by atoms with Crippen LogP contribution in [0.3, 0.4) is 0 Å². The molecule has 1 aromatic rings. The summed E-state index contributed by atoms with van der Waals surface area (Å²) in [5, 5.41) is 12.0. The van der Waals surface area contributed by atoms with Crippen molar-refractivity contribution in [1.82, 2.24) is 10.2 Å². The van der Waals surface area contributed by atoms with Gasteiger partial charge in [0, 0.05) is 12.6 Å². The average Bonchev–Trinajstić information content (AvgIpc) is 2.96. The highest BCUT2D eigenvalue weighted by Gasteiger charge is 2.34. The number of rotatable bonds is 5. The first-order valence-electron chi connectivity index (χ1n) is 7.42. The van der Waals surface area contributed by atoms with Crippen molar-refractivity contribution in [3.63, 3.8) is 0 Å². The Balaban J connectivity index is 1.80. The lowest BCUT2D eigenvalue weighted by Crippen LogP contribution is -2.48. The van der Waals surface area contributed by atoms with Gasteiger partial charge in [-0.2, -0.15) is 0 Å². The van der Waals surface area contributed by atoms with E-state index < -0.39 is 12.0 Å². The normalized spacial score (nSPS) is 19.3. The molecule has 1 aliphatic rings. The molecule has 2 atom stereocenters. The van der Waals surface area contributed by atoms with E-state index in [1.807, 2.05) is 25.1 Å². The summed E-state index contributed by atoms with van der Waals surface area (Å²) in [5.41, 5.74) is 1.24. The van der Waals surface area contributed by atoms with Crippen LogP contribution in [-0.2, 0) is 11.2 Å². The van der Waals surface area contributed by atoms with Gasteiger partial charge in [-0.15, -0.1) is 0 Å². The Kier molecular flexibility index (Phi) is 5.20. The molecule has 1 saturated heterocycles. The van der Waals surface area contributed by atoms with Gasteiger partial charge in [0.05, 0.1) is 0 Å². The topological polar surface area (TPSA) is 69.6 Å². The quantitative estimate of drug-likeness (QED) is 0.874. The van der Waals surface area contributed by atoms with Crippen molar-refractivity contribution in [1.29, 1.82) is 0 Å². The number of benzene rings is 1. The molecular weight excluding hydrogens is 268 g/mol. The number of aliphatic carboxylic acids is 1. The maximum atomic E-state index is 12.1. The summed E-state index contributed by atoms with van der Waals surface area (Å²) < 4.78 is 0. The van der Waals surface area contributed by atoms with Crippen LogP contribution in [0.25, 0.3) is 0 Å². The second kappa shape index (κ2) is 7.11. The number of carboxylic acid groups (broad SMARTS) is 1. The van der Waals surface area contributed by atoms with Crippen LogP contribution in [0.1, 0.15) is 31.7 Å². The minimum atomic E-state index is -0.917. The molecule has 1 unspecified atom stereocenters. The third kappa shape index (κ3) is 4.21. The summed E-state index contributed by atoms with van der Waals surface area (Å²) in [6, 6.07) is 9.19. The highest BCUT2D eigenvalue weighted by atomic mass is 16.4. The van der Waals surface area contributed by atoms with E-state index in [-0.39, 0.29) is 12.1 Å². The number of hydrogen-bond acceptors (Lipinski definition) is 2. The van der Waals surface area contributed by atoms with Crippen LogP contribution < -0.4 is 5.32 Å². The Labute approximate surface area is 125 Å². The third-order valence-corrected chi connectivity index (χ3v) is 3.88. The second-order valence-electron chi connectivity index (χ2n) is 5.56. The van der Waals surface area contributed by atoms with Gasteiger partial charge in [-0.05, 0) is 38.2 Å². The first-order valence-corrected chi connectivity index (χ1v) is 7.42. The monoisotopic (exact) mass is 290 g/mol. The molecule has 114 valence electrons. The molecule has 5 heteroatoms. The molecule has 0 radical (unpaired) electrons. The lowest BCUT2D eigenvalue weighted by atomic mass is 10.1. The van der Waals surface area contributed by atoms with Crippen molar-refractivity contribution in [2.45, 2.75) is 44.7 Å². The SMILES string of the molecule is CC(CCc1ccccc1)NC(=O)N1CCC[C@H]1C(=O)O. The van der Waals surface area contributed by atoms with Gasteiger partial charge in [0.25, 0.3) is 0 Å². The Morgan fingerprint density at radius 3 is 2.76 bits per heavy atom. The van der Waals surface area contributed by atoms with Crippen LogP contribution in [0.4, 0.5) is 4.79 Å². The molecule has 0 aromatic heterocycles. The van der Waals surface area contributed by atoms with Gasteiger partial charge >= 0.3 is 12.0 Å². The molecule has 1 aromatic carbocycles. The first-order chi connectivity index (χ1) is 10.1. The summed E-state index contributed by atoms with van der Waals surface area (Å²) in [4.78, 5) is 24.7. The predicted octanol–water partition coefficient (Wildman–Crippen LogP) is 2.27. The van der Waals surface area contributed by atoms with Gasteiger partial charge in [0.15, 0.2) is 0 Å². The number of hydrogen-bond donors (Lipinski definition) is 2. The van der Waals surface area contributed by atoms with E-state index in [0.717, 1.165) is 19.3 Å². The Bertz CT molecular complexity index is 490. The summed E-state index contributed by atoms with van der Waals surface area (Å²) in [7, 11) is 0. The maximum Gasteiger partial charge on any atom is 0.326 e. The van der Waals surface area contributed by atoms with Crippen molar-refractivity contribution < 1.29 is 14.7 Å². The minimum Gasteiger partial charge on any atom is -0.480 e. The number of carboxylic acids is 1. The maximum absolute atomic E-state index is 12.1. The summed E-state index contributed by atoms with van der Waals surface area (Å²) in [6.45, 7) is 2.47. The van der Waals surface area contributed by atoms with Crippen LogP contribution in [0, 0.1) is 0 Å². The van der Waals surface area contributed by atoms with E-state index in [0.29, 0.717) is 13.0 Å². The predicted molar refractivity (Wildman–Crippen MR) is 80.1 cm³/mol. The van der Waals surface area contributed by atoms with Crippen molar-refractivity contribution in [3.8, 4) is 0 Å². The van der Waals surface area contributed by atoms with E-state index >= 15 is 0 Å². The molecule has 0 aliphatic carbocycles. The number of aryl methyl sites for hydroxylation is 1. The number of nitrogens with zero attached hydrogens (tertiary/aromatic N) is 1. The number of carbonyl (C=O) groups is 2. The number of carbonyl (C=O) groups excluding carboxylic acids is 1. The average molecular weight is 290 g/mol. The third-order valence-electron chi connectivity index (χ3n) is 3.88. The zero-order valence-corrected chi connectivity index (χ0v) is 12.3. The van der Waals surface area contributed by atoms with E-state index in [1.54, 1.807) is 0 Å². The van der Waals surface area contributed by atoms with Crippen LogP contribution in [0.2, 0.25) is 0 Å². The number of urea groups is 1. The highest BCUT2D eigenvalue weighted by Crippen LogP contribution is 2.17. The molecule has 0 spiro atoms. The highest BCUT2D eigenvalue weighted by molar-refractivity contribution is 5.83. The standard InChI is InChI=1S/C16H22N2O3/c1-12(9-10-13-6-3-2-4-7-13)17-16(21)18-11-5-8-14(18)15(19)20/h2-4,6-7,12,14H,5,8-11H2,1H3,(H,17,21)(H,19,20)/t12?,14-/m0/s1. The van der Waals surface area contributed by atoms with Crippen molar-refractivity contribution >= 4 is 12.0 Å². The van der Waals surface area contributed by atoms with E-state index in [9.17, 15) is 9.59 Å². The number of nitrogens with one attached hydrogen (secondary N) is 1. The van der Waals surface area contributed by atoms with Gasteiger partial charge < -0.3 is 15.3 Å². The first kappa shape index (κ1) is 15.4. The lowest BCUT2D eigenvalue weighted by molar-refractivity contribution is -0.141. The van der Waals surface area contributed by atoms with Gasteiger partial charge in [-0.3, -0.25) is 0 Å². The molecule has 0 bridgehead atoms. The molecule has 2 rings (SSSR count). The van der Waals surface area contributed by atoms with Crippen molar-refractivity contribution in [2.75, 3.05) is 6.54 Å². The van der Waals surface area contributed by atoms with Crippen molar-refractivity contribution in [3.05, 3.63) is 35.9 Å². The second-order valence-corrected chi connectivity index (χ2v) is 5.56. The molecule has 1 fully saturated rings. The van der Waals surface area contributed by atoms with Gasteiger partial charge in [-0.1, -0.05) is 30.3 Å². The number of likely N-dealkylation sites (tertiary alicyclic amines) is 1. The zero-order chi connectivity index (χ0) is 15.2. The Morgan fingerprint density at radius 1 is 1.38 bits per heavy atom.